The van der Waals surface area contributed by atoms with Gasteiger partial charge in [-0.2, -0.15) is 0 Å². The minimum atomic E-state index is -0.547. The number of anilines is 1. The van der Waals surface area contributed by atoms with E-state index in [1.165, 1.54) is 6.07 Å². The number of amides is 2. The normalized spacial score (nSPS) is 10.1. The number of nitrogens with two attached hydrogens (primary N) is 2. The SMILES string of the molecule is NC(=O)CCCCNC(=O)c1cc(N)cc(F)c1. The van der Waals surface area contributed by atoms with Gasteiger partial charge in [-0.05, 0) is 31.0 Å². The number of rotatable bonds is 6. The summed E-state index contributed by atoms with van der Waals surface area (Å²) in [5.74, 6) is -1.30. The number of nitrogen functional groups attached to an aromatic ring is 1. The van der Waals surface area contributed by atoms with E-state index in [2.05, 4.69) is 5.32 Å². The standard InChI is InChI=1S/C12H16FN3O2/c13-9-5-8(6-10(14)7-9)12(18)16-4-2-1-3-11(15)17/h5-7H,1-4,14H2,(H2,15,17)(H,16,18). The van der Waals surface area contributed by atoms with Gasteiger partial charge in [-0.15, -0.1) is 0 Å². The van der Waals surface area contributed by atoms with Gasteiger partial charge < -0.3 is 16.8 Å². The molecule has 0 unspecified atom stereocenters. The van der Waals surface area contributed by atoms with E-state index in [0.717, 1.165) is 12.1 Å². The Labute approximate surface area is 104 Å². The minimum Gasteiger partial charge on any atom is -0.399 e. The first kappa shape index (κ1) is 14.0. The summed E-state index contributed by atoms with van der Waals surface area (Å²) >= 11 is 0. The molecule has 5 nitrogen and oxygen atoms in total. The number of nitrogens with one attached hydrogen (secondary N) is 1. The molecule has 0 fully saturated rings. The van der Waals surface area contributed by atoms with E-state index in [0.29, 0.717) is 25.8 Å². The van der Waals surface area contributed by atoms with E-state index in [1.807, 2.05) is 0 Å². The maximum absolute atomic E-state index is 13.0. The van der Waals surface area contributed by atoms with Crippen LogP contribution in [0.3, 0.4) is 0 Å². The van der Waals surface area contributed by atoms with Crippen LogP contribution >= 0.6 is 0 Å². The Morgan fingerprint density at radius 2 is 1.94 bits per heavy atom. The van der Waals surface area contributed by atoms with E-state index in [9.17, 15) is 14.0 Å². The highest BCUT2D eigenvalue weighted by Crippen LogP contribution is 2.10. The van der Waals surface area contributed by atoms with E-state index in [1.54, 1.807) is 0 Å². The number of hydrogen-bond donors (Lipinski definition) is 3. The van der Waals surface area contributed by atoms with Crippen molar-refractivity contribution in [1.29, 1.82) is 0 Å². The van der Waals surface area contributed by atoms with Gasteiger partial charge in [0.05, 0.1) is 0 Å². The molecule has 0 aliphatic carbocycles. The second kappa shape index (κ2) is 6.58. The van der Waals surface area contributed by atoms with Crippen molar-refractivity contribution in [2.24, 2.45) is 5.73 Å². The van der Waals surface area contributed by atoms with Crippen LogP contribution < -0.4 is 16.8 Å². The molecule has 0 heterocycles. The van der Waals surface area contributed by atoms with Crippen LogP contribution in [0.1, 0.15) is 29.6 Å². The van der Waals surface area contributed by atoms with Crippen molar-refractivity contribution >= 4 is 17.5 Å². The van der Waals surface area contributed by atoms with Gasteiger partial charge in [-0.1, -0.05) is 0 Å². The molecule has 0 saturated heterocycles. The molecule has 0 aliphatic heterocycles. The highest BCUT2D eigenvalue weighted by Gasteiger charge is 2.07. The van der Waals surface area contributed by atoms with Crippen LogP contribution in [0, 0.1) is 5.82 Å². The van der Waals surface area contributed by atoms with Crippen LogP contribution in [0.25, 0.3) is 0 Å². The van der Waals surface area contributed by atoms with Gasteiger partial charge in [0.2, 0.25) is 5.91 Å². The molecule has 0 aliphatic rings. The lowest BCUT2D eigenvalue weighted by Gasteiger charge is -2.05. The van der Waals surface area contributed by atoms with Gasteiger partial charge in [0.25, 0.3) is 5.91 Å². The topological polar surface area (TPSA) is 98.2 Å². The molecule has 0 atom stereocenters. The van der Waals surface area contributed by atoms with Crippen LogP contribution in [0.2, 0.25) is 0 Å². The van der Waals surface area contributed by atoms with Crippen molar-refractivity contribution in [2.75, 3.05) is 12.3 Å². The molecular formula is C12H16FN3O2. The summed E-state index contributed by atoms with van der Waals surface area (Å²) in [6, 6.07) is 3.67. The molecule has 0 radical (unpaired) electrons. The second-order valence-electron chi connectivity index (χ2n) is 3.95. The highest BCUT2D eigenvalue weighted by molar-refractivity contribution is 5.95. The molecule has 1 rings (SSSR count). The van der Waals surface area contributed by atoms with Crippen molar-refractivity contribution in [3.05, 3.63) is 29.6 Å². The summed E-state index contributed by atoms with van der Waals surface area (Å²) in [4.78, 5) is 22.1. The van der Waals surface area contributed by atoms with Crippen molar-refractivity contribution in [3.8, 4) is 0 Å². The van der Waals surface area contributed by atoms with Crippen molar-refractivity contribution in [1.82, 2.24) is 5.32 Å². The smallest absolute Gasteiger partial charge is 0.251 e. The van der Waals surface area contributed by atoms with Crippen LogP contribution in [0.5, 0.6) is 0 Å². The number of primary amides is 1. The summed E-state index contributed by atoms with van der Waals surface area (Å²) < 4.78 is 13.0. The lowest BCUT2D eigenvalue weighted by molar-refractivity contribution is -0.118. The lowest BCUT2D eigenvalue weighted by Crippen LogP contribution is -2.25. The van der Waals surface area contributed by atoms with E-state index in [-0.39, 0.29) is 23.1 Å². The zero-order valence-corrected chi connectivity index (χ0v) is 9.91. The van der Waals surface area contributed by atoms with Gasteiger partial charge >= 0.3 is 0 Å². The average molecular weight is 253 g/mol. The Balaban J connectivity index is 2.38. The predicted molar refractivity (Wildman–Crippen MR) is 66.2 cm³/mol. The molecular weight excluding hydrogens is 237 g/mol. The molecule has 0 aromatic heterocycles. The first-order valence-electron chi connectivity index (χ1n) is 5.61. The predicted octanol–water partition coefficient (Wildman–Crippen LogP) is 0.793. The fourth-order valence-corrected chi connectivity index (χ4v) is 1.47. The Hall–Kier alpha value is -2.11. The Kier molecular flexibility index (Phi) is 5.10. The summed E-state index contributed by atoms with van der Waals surface area (Å²) in [7, 11) is 0. The fraction of sp³-hybridized carbons (Fsp3) is 0.333. The molecule has 1 aromatic carbocycles. The number of carbonyl (C=O) groups excluding carboxylic acids is 2. The highest BCUT2D eigenvalue weighted by atomic mass is 19.1. The largest absolute Gasteiger partial charge is 0.399 e. The van der Waals surface area contributed by atoms with Crippen LogP contribution in [-0.2, 0) is 4.79 Å². The minimum absolute atomic E-state index is 0.183. The first-order valence-corrected chi connectivity index (χ1v) is 5.61. The fourth-order valence-electron chi connectivity index (χ4n) is 1.47. The zero-order valence-electron chi connectivity index (χ0n) is 9.91. The molecule has 0 spiro atoms. The van der Waals surface area contributed by atoms with E-state index < -0.39 is 5.82 Å². The van der Waals surface area contributed by atoms with Gasteiger partial charge in [-0.3, -0.25) is 9.59 Å². The molecule has 2 amide bonds. The van der Waals surface area contributed by atoms with Crippen molar-refractivity contribution in [2.45, 2.75) is 19.3 Å². The van der Waals surface area contributed by atoms with Crippen LogP contribution in [0.4, 0.5) is 10.1 Å². The zero-order chi connectivity index (χ0) is 13.5. The van der Waals surface area contributed by atoms with Gasteiger partial charge in [-0.25, -0.2) is 4.39 Å². The van der Waals surface area contributed by atoms with Gasteiger partial charge in [0.15, 0.2) is 0 Å². The average Bonchev–Trinajstić information content (AvgIpc) is 2.26. The van der Waals surface area contributed by atoms with Gasteiger partial charge in [0.1, 0.15) is 5.82 Å². The lowest BCUT2D eigenvalue weighted by atomic mass is 10.1. The van der Waals surface area contributed by atoms with Crippen LogP contribution in [-0.4, -0.2) is 18.4 Å². The number of halogens is 1. The summed E-state index contributed by atoms with van der Waals surface area (Å²) in [6.07, 6.45) is 1.54. The number of carbonyl (C=O) groups is 2. The van der Waals surface area contributed by atoms with E-state index >= 15 is 0 Å². The first-order chi connectivity index (χ1) is 8.49. The third kappa shape index (κ3) is 4.82. The molecule has 6 heteroatoms. The third-order valence-electron chi connectivity index (χ3n) is 2.32. The van der Waals surface area contributed by atoms with E-state index in [4.69, 9.17) is 11.5 Å². The molecule has 18 heavy (non-hydrogen) atoms. The monoisotopic (exact) mass is 253 g/mol. The molecule has 5 N–H and O–H groups in total. The Bertz CT molecular complexity index is 429. The van der Waals surface area contributed by atoms with Crippen molar-refractivity contribution < 1.29 is 14.0 Å². The molecule has 0 bridgehead atoms. The number of unbranched alkanes of at least 4 members (excludes halogenated alkanes) is 1. The summed E-state index contributed by atoms with van der Waals surface area (Å²) in [5.41, 5.74) is 10.8. The third-order valence-corrected chi connectivity index (χ3v) is 2.32. The maximum Gasteiger partial charge on any atom is 0.251 e. The molecule has 1 aromatic rings. The number of benzene rings is 1. The molecule has 0 saturated carbocycles. The summed E-state index contributed by atoms with van der Waals surface area (Å²) in [6.45, 7) is 0.405. The Morgan fingerprint density at radius 1 is 1.22 bits per heavy atom. The molecule has 98 valence electrons. The van der Waals surface area contributed by atoms with Gasteiger partial charge in [0, 0.05) is 24.2 Å². The maximum atomic E-state index is 13.0. The Morgan fingerprint density at radius 3 is 2.56 bits per heavy atom. The van der Waals surface area contributed by atoms with Crippen molar-refractivity contribution in [3.63, 3.8) is 0 Å². The number of hydrogen-bond acceptors (Lipinski definition) is 3. The summed E-state index contributed by atoms with van der Waals surface area (Å²) in [5, 5.41) is 2.61. The second-order valence-corrected chi connectivity index (χ2v) is 3.95. The quantitative estimate of drug-likeness (QED) is 0.516. The van der Waals surface area contributed by atoms with Crippen LogP contribution in [0.15, 0.2) is 18.2 Å².